The lowest BCUT2D eigenvalue weighted by atomic mass is 9.96. The molecule has 140 valence electrons. The van der Waals surface area contributed by atoms with E-state index in [2.05, 4.69) is 19.3 Å². The second-order valence-electron chi connectivity index (χ2n) is 6.78. The van der Waals surface area contributed by atoms with Crippen molar-refractivity contribution >= 4 is 11.3 Å². The molecule has 0 unspecified atom stereocenters. The van der Waals surface area contributed by atoms with E-state index < -0.39 is 0 Å². The Labute approximate surface area is 159 Å². The Morgan fingerprint density at radius 1 is 1.23 bits per heavy atom. The van der Waals surface area contributed by atoms with Crippen molar-refractivity contribution in [2.24, 2.45) is 4.99 Å². The average molecular weight is 374 g/mol. The van der Waals surface area contributed by atoms with Crippen molar-refractivity contribution in [3.05, 3.63) is 52.0 Å². The van der Waals surface area contributed by atoms with Gasteiger partial charge >= 0.3 is 0 Å². The Bertz CT molecular complexity index is 807. The third kappa shape index (κ3) is 4.44. The van der Waals surface area contributed by atoms with Gasteiger partial charge in [-0.2, -0.15) is 0 Å². The Morgan fingerprint density at radius 2 is 1.96 bits per heavy atom. The molecule has 0 atom stereocenters. The van der Waals surface area contributed by atoms with Crippen LogP contribution in [-0.4, -0.2) is 10.7 Å². The number of thiazole rings is 1. The standard InChI is InChI=1S/C21H28FN3S/c1-3-16(4-2)14-23-25-20(18-12-8-9-13-19(18)22)15-26-21(25)24-17-10-6-5-7-11-17/h8-9,12-15,17,23H,3-7,10-11H2,1-2H3. The summed E-state index contributed by atoms with van der Waals surface area (Å²) in [5.41, 5.74) is 6.14. The number of hydrogen-bond acceptors (Lipinski definition) is 3. The molecular weight excluding hydrogens is 345 g/mol. The monoisotopic (exact) mass is 373 g/mol. The summed E-state index contributed by atoms with van der Waals surface area (Å²) in [6.07, 6.45) is 10.2. The van der Waals surface area contributed by atoms with Gasteiger partial charge < -0.3 is 0 Å². The van der Waals surface area contributed by atoms with Crippen molar-refractivity contribution in [2.45, 2.75) is 64.8 Å². The van der Waals surface area contributed by atoms with Crippen LogP contribution >= 0.6 is 11.3 Å². The minimum Gasteiger partial charge on any atom is -0.299 e. The summed E-state index contributed by atoms with van der Waals surface area (Å²) < 4.78 is 16.3. The first kappa shape index (κ1) is 18.9. The highest BCUT2D eigenvalue weighted by atomic mass is 32.1. The van der Waals surface area contributed by atoms with Crippen molar-refractivity contribution < 1.29 is 4.39 Å². The maximum Gasteiger partial charge on any atom is 0.204 e. The summed E-state index contributed by atoms with van der Waals surface area (Å²) in [6.45, 7) is 4.31. The second-order valence-corrected chi connectivity index (χ2v) is 7.62. The fraction of sp³-hybridized carbons (Fsp3) is 0.476. The molecule has 3 rings (SSSR count). The van der Waals surface area contributed by atoms with Crippen LogP contribution in [0.4, 0.5) is 4.39 Å². The van der Waals surface area contributed by atoms with Gasteiger partial charge in [0.05, 0.1) is 11.7 Å². The van der Waals surface area contributed by atoms with Gasteiger partial charge in [0.1, 0.15) is 5.82 Å². The number of halogens is 1. The lowest BCUT2D eigenvalue weighted by molar-refractivity contribution is 0.436. The van der Waals surface area contributed by atoms with Gasteiger partial charge in [0, 0.05) is 17.1 Å². The highest BCUT2D eigenvalue weighted by Crippen LogP contribution is 2.24. The SMILES string of the molecule is CCC(=CNn1c(-c2ccccc2F)csc1=NC1CCCCC1)CC. The van der Waals surface area contributed by atoms with Gasteiger partial charge in [0.2, 0.25) is 4.80 Å². The molecule has 1 saturated carbocycles. The normalized spacial score (nSPS) is 15.9. The van der Waals surface area contributed by atoms with E-state index in [1.165, 1.54) is 30.9 Å². The molecule has 1 aromatic heterocycles. The van der Waals surface area contributed by atoms with Crippen LogP contribution in [0.5, 0.6) is 0 Å². The lowest BCUT2D eigenvalue weighted by Gasteiger charge is -2.17. The first-order chi connectivity index (χ1) is 12.7. The van der Waals surface area contributed by atoms with Crippen molar-refractivity contribution in [1.82, 2.24) is 4.68 Å². The smallest absolute Gasteiger partial charge is 0.204 e. The van der Waals surface area contributed by atoms with Gasteiger partial charge in [-0.15, -0.1) is 11.3 Å². The van der Waals surface area contributed by atoms with Gasteiger partial charge in [-0.3, -0.25) is 10.4 Å². The van der Waals surface area contributed by atoms with E-state index in [9.17, 15) is 4.39 Å². The molecule has 0 saturated heterocycles. The van der Waals surface area contributed by atoms with Crippen LogP contribution in [-0.2, 0) is 0 Å². The van der Waals surface area contributed by atoms with Gasteiger partial charge in [-0.05, 0) is 37.8 Å². The summed E-state index contributed by atoms with van der Waals surface area (Å²) in [5, 5.41) is 2.00. The molecule has 1 fully saturated rings. The summed E-state index contributed by atoms with van der Waals surface area (Å²) in [4.78, 5) is 5.91. The maximum absolute atomic E-state index is 14.4. The first-order valence-corrected chi connectivity index (χ1v) is 10.5. The van der Waals surface area contributed by atoms with Gasteiger partial charge in [0.25, 0.3) is 0 Å². The van der Waals surface area contributed by atoms with Crippen molar-refractivity contribution in [1.29, 1.82) is 0 Å². The van der Waals surface area contributed by atoms with Crippen molar-refractivity contribution in [2.75, 3.05) is 5.43 Å². The molecule has 0 aliphatic heterocycles. The predicted octanol–water partition coefficient (Wildman–Crippen LogP) is 5.84. The molecule has 1 heterocycles. The third-order valence-corrected chi connectivity index (χ3v) is 5.87. The third-order valence-electron chi connectivity index (χ3n) is 5.03. The van der Waals surface area contributed by atoms with Crippen molar-refractivity contribution in [3.63, 3.8) is 0 Å². The van der Waals surface area contributed by atoms with Crippen LogP contribution in [0.15, 0.2) is 46.4 Å². The molecule has 3 nitrogen and oxygen atoms in total. The van der Waals surface area contributed by atoms with Crippen LogP contribution < -0.4 is 10.2 Å². The van der Waals surface area contributed by atoms with E-state index in [1.807, 2.05) is 28.4 Å². The van der Waals surface area contributed by atoms with E-state index in [-0.39, 0.29) is 5.82 Å². The van der Waals surface area contributed by atoms with Crippen LogP contribution in [0.3, 0.4) is 0 Å². The summed E-state index contributed by atoms with van der Waals surface area (Å²) in [7, 11) is 0. The second kappa shape index (κ2) is 9.17. The van der Waals surface area contributed by atoms with E-state index in [1.54, 1.807) is 17.4 Å². The maximum atomic E-state index is 14.4. The topological polar surface area (TPSA) is 29.3 Å². The molecule has 1 aliphatic carbocycles. The number of hydrogen-bond donors (Lipinski definition) is 1. The quantitative estimate of drug-likeness (QED) is 0.677. The van der Waals surface area contributed by atoms with Crippen LogP contribution in [0.1, 0.15) is 58.8 Å². The molecule has 5 heteroatoms. The van der Waals surface area contributed by atoms with Gasteiger partial charge in [-0.1, -0.05) is 50.8 Å². The van der Waals surface area contributed by atoms with E-state index in [0.717, 1.165) is 36.2 Å². The minimum atomic E-state index is -0.208. The number of nitrogens with zero attached hydrogens (tertiary/aromatic N) is 2. The number of allylic oxidation sites excluding steroid dienone is 1. The number of rotatable bonds is 6. The first-order valence-electron chi connectivity index (χ1n) is 9.66. The molecule has 0 bridgehead atoms. The van der Waals surface area contributed by atoms with Crippen molar-refractivity contribution in [3.8, 4) is 11.3 Å². The highest BCUT2D eigenvalue weighted by molar-refractivity contribution is 7.07. The zero-order valence-corrected chi connectivity index (χ0v) is 16.5. The van der Waals surface area contributed by atoms with Gasteiger partial charge in [-0.25, -0.2) is 9.07 Å². The molecule has 1 aromatic carbocycles. The Morgan fingerprint density at radius 3 is 2.65 bits per heavy atom. The fourth-order valence-electron chi connectivity index (χ4n) is 3.36. The molecule has 2 aromatic rings. The number of benzene rings is 1. The number of nitrogens with one attached hydrogen (secondary N) is 1. The highest BCUT2D eigenvalue weighted by Gasteiger charge is 2.15. The molecule has 1 aliphatic rings. The van der Waals surface area contributed by atoms with Crippen LogP contribution in [0, 0.1) is 5.82 Å². The predicted molar refractivity (Wildman–Crippen MR) is 108 cm³/mol. The molecule has 0 radical (unpaired) electrons. The molecule has 0 amide bonds. The van der Waals surface area contributed by atoms with Crippen LogP contribution in [0.25, 0.3) is 11.3 Å². The van der Waals surface area contributed by atoms with E-state index >= 15 is 0 Å². The van der Waals surface area contributed by atoms with Gasteiger partial charge in [0.15, 0.2) is 0 Å². The summed E-state index contributed by atoms with van der Waals surface area (Å²) in [6, 6.07) is 7.31. The average Bonchev–Trinajstić information content (AvgIpc) is 3.06. The Hall–Kier alpha value is -1.88. The molecule has 26 heavy (non-hydrogen) atoms. The molecule has 1 N–H and O–H groups in total. The lowest BCUT2D eigenvalue weighted by Crippen LogP contribution is -2.26. The van der Waals surface area contributed by atoms with Crippen LogP contribution in [0.2, 0.25) is 0 Å². The fourth-order valence-corrected chi connectivity index (χ4v) is 4.27. The number of aromatic nitrogens is 1. The van der Waals surface area contributed by atoms with E-state index in [0.29, 0.717) is 11.6 Å². The largest absolute Gasteiger partial charge is 0.299 e. The van der Waals surface area contributed by atoms with E-state index in [4.69, 9.17) is 4.99 Å². The summed E-state index contributed by atoms with van der Waals surface area (Å²) in [5.74, 6) is -0.208. The zero-order valence-electron chi connectivity index (χ0n) is 15.7. The molecular formula is C21H28FN3S. The minimum absolute atomic E-state index is 0.208. The zero-order chi connectivity index (χ0) is 18.4. The Kier molecular flexibility index (Phi) is 6.67. The summed E-state index contributed by atoms with van der Waals surface area (Å²) >= 11 is 1.58. The Balaban J connectivity index is 2.03. The molecule has 0 spiro atoms.